The van der Waals surface area contributed by atoms with Crippen molar-refractivity contribution < 1.29 is 9.42 Å². The van der Waals surface area contributed by atoms with E-state index in [1.54, 1.807) is 13.1 Å². The van der Waals surface area contributed by atoms with Crippen LogP contribution in [0.25, 0.3) is 0 Å². The number of hydrogen-bond acceptors (Lipinski definition) is 6. The second kappa shape index (κ2) is 7.35. The van der Waals surface area contributed by atoms with Gasteiger partial charge in [0.25, 0.3) is 5.91 Å². The van der Waals surface area contributed by atoms with Crippen molar-refractivity contribution in [3.05, 3.63) is 41.2 Å². The zero-order valence-corrected chi connectivity index (χ0v) is 12.9. The molecule has 1 amide bonds. The van der Waals surface area contributed by atoms with Gasteiger partial charge in [-0.25, -0.2) is 10.1 Å². The van der Waals surface area contributed by atoms with Gasteiger partial charge in [-0.15, -0.1) is 0 Å². The fourth-order valence-corrected chi connectivity index (χ4v) is 2.02. The van der Waals surface area contributed by atoms with E-state index in [0.29, 0.717) is 5.69 Å². The van der Waals surface area contributed by atoms with E-state index in [2.05, 4.69) is 44.2 Å². The Morgan fingerprint density at radius 3 is 2.50 bits per heavy atom. The van der Waals surface area contributed by atoms with Crippen LogP contribution in [-0.4, -0.2) is 35.5 Å². The molecule has 116 valence electrons. The van der Waals surface area contributed by atoms with E-state index >= 15 is 0 Å². The highest BCUT2D eigenvalue weighted by Crippen LogP contribution is 2.13. The summed E-state index contributed by atoms with van der Waals surface area (Å²) in [7, 11) is 0. The van der Waals surface area contributed by atoms with Crippen molar-refractivity contribution in [2.24, 2.45) is 5.10 Å². The molecular formula is C15H19N5O2. The molecule has 2 aromatic rings. The Hall–Kier alpha value is -2.70. The van der Waals surface area contributed by atoms with Gasteiger partial charge >= 0.3 is 0 Å². The number of anilines is 1. The monoisotopic (exact) mass is 301 g/mol. The molecule has 0 saturated carbocycles. The first-order valence-electron chi connectivity index (χ1n) is 7.13. The summed E-state index contributed by atoms with van der Waals surface area (Å²) >= 11 is 0. The average molecular weight is 301 g/mol. The lowest BCUT2D eigenvalue weighted by atomic mass is 10.2. The van der Waals surface area contributed by atoms with Crippen LogP contribution in [0.1, 0.15) is 35.6 Å². The van der Waals surface area contributed by atoms with Crippen LogP contribution in [0.2, 0.25) is 0 Å². The molecule has 7 heteroatoms. The molecule has 1 heterocycles. The summed E-state index contributed by atoms with van der Waals surface area (Å²) < 4.78 is 4.47. The number of benzene rings is 1. The maximum Gasteiger partial charge on any atom is 0.295 e. The Labute approximate surface area is 129 Å². The number of carbonyl (C=O) groups excluding carboxylic acids is 1. The van der Waals surface area contributed by atoms with Gasteiger partial charge in [0.15, 0.2) is 5.69 Å². The SMILES string of the molecule is CCN(CC)c1ccc(C=NNC(=O)c2nonc2C)cc1. The molecule has 0 fully saturated rings. The zero-order chi connectivity index (χ0) is 15.9. The quantitative estimate of drug-likeness (QED) is 0.651. The van der Waals surface area contributed by atoms with Gasteiger partial charge in [0, 0.05) is 18.8 Å². The van der Waals surface area contributed by atoms with Crippen molar-refractivity contribution in [3.8, 4) is 0 Å². The maximum absolute atomic E-state index is 11.7. The third kappa shape index (κ3) is 3.69. The number of rotatable bonds is 6. The Morgan fingerprint density at radius 1 is 1.27 bits per heavy atom. The normalized spacial score (nSPS) is 10.9. The van der Waals surface area contributed by atoms with Gasteiger partial charge in [-0.05, 0) is 43.6 Å². The second-order valence-corrected chi connectivity index (χ2v) is 4.66. The van der Waals surface area contributed by atoms with Crippen LogP contribution in [-0.2, 0) is 0 Å². The van der Waals surface area contributed by atoms with Gasteiger partial charge in [-0.2, -0.15) is 5.10 Å². The molecule has 0 radical (unpaired) electrons. The number of nitrogens with one attached hydrogen (secondary N) is 1. The molecule has 0 unspecified atom stereocenters. The summed E-state index contributed by atoms with van der Waals surface area (Å²) in [5.41, 5.74) is 5.01. The largest absolute Gasteiger partial charge is 0.372 e. The first kappa shape index (κ1) is 15.7. The number of aromatic nitrogens is 2. The Balaban J connectivity index is 1.96. The van der Waals surface area contributed by atoms with E-state index in [-0.39, 0.29) is 5.69 Å². The summed E-state index contributed by atoms with van der Waals surface area (Å²) in [6.45, 7) is 7.81. The van der Waals surface area contributed by atoms with E-state index in [1.165, 1.54) is 0 Å². The minimum Gasteiger partial charge on any atom is -0.372 e. The van der Waals surface area contributed by atoms with Crippen LogP contribution in [0.5, 0.6) is 0 Å². The predicted octanol–water partition coefficient (Wildman–Crippen LogP) is 1.99. The topological polar surface area (TPSA) is 83.6 Å². The molecule has 2 rings (SSSR count). The average Bonchev–Trinajstić information content (AvgIpc) is 2.96. The minimum absolute atomic E-state index is 0.133. The third-order valence-electron chi connectivity index (χ3n) is 3.27. The molecule has 0 aliphatic rings. The zero-order valence-electron chi connectivity index (χ0n) is 12.9. The minimum atomic E-state index is -0.449. The van der Waals surface area contributed by atoms with Crippen molar-refractivity contribution in [1.82, 2.24) is 15.7 Å². The van der Waals surface area contributed by atoms with Crippen LogP contribution < -0.4 is 10.3 Å². The maximum atomic E-state index is 11.7. The lowest BCUT2D eigenvalue weighted by Crippen LogP contribution is -2.21. The van der Waals surface area contributed by atoms with Gasteiger partial charge in [0.1, 0.15) is 5.69 Å². The van der Waals surface area contributed by atoms with Crippen LogP contribution in [0.4, 0.5) is 5.69 Å². The molecule has 22 heavy (non-hydrogen) atoms. The molecule has 0 bridgehead atoms. The van der Waals surface area contributed by atoms with Crippen molar-refractivity contribution in [2.45, 2.75) is 20.8 Å². The number of amides is 1. The van der Waals surface area contributed by atoms with Crippen LogP contribution in [0.3, 0.4) is 0 Å². The number of hydrogen-bond donors (Lipinski definition) is 1. The number of aryl methyl sites for hydroxylation is 1. The fraction of sp³-hybridized carbons (Fsp3) is 0.333. The lowest BCUT2D eigenvalue weighted by molar-refractivity contribution is 0.0945. The highest BCUT2D eigenvalue weighted by atomic mass is 16.6. The first-order chi connectivity index (χ1) is 10.7. The summed E-state index contributed by atoms with van der Waals surface area (Å²) in [5, 5.41) is 11.0. The highest BCUT2D eigenvalue weighted by Gasteiger charge is 2.13. The van der Waals surface area contributed by atoms with E-state index < -0.39 is 5.91 Å². The lowest BCUT2D eigenvalue weighted by Gasteiger charge is -2.20. The molecule has 0 atom stereocenters. The molecule has 7 nitrogen and oxygen atoms in total. The van der Waals surface area contributed by atoms with Gasteiger partial charge in [-0.3, -0.25) is 4.79 Å². The molecule has 0 aliphatic heterocycles. The van der Waals surface area contributed by atoms with E-state index in [4.69, 9.17) is 0 Å². The van der Waals surface area contributed by atoms with Gasteiger partial charge < -0.3 is 4.90 Å². The predicted molar refractivity (Wildman–Crippen MR) is 84.1 cm³/mol. The standard InChI is InChI=1S/C15H19N5O2/c1-4-20(5-2)13-8-6-12(7-9-13)10-16-17-15(21)14-11(3)18-22-19-14/h6-10H,4-5H2,1-3H3,(H,17,21). The van der Waals surface area contributed by atoms with E-state index in [9.17, 15) is 4.79 Å². The first-order valence-corrected chi connectivity index (χ1v) is 7.13. The number of carbonyl (C=O) groups is 1. The molecule has 1 aromatic carbocycles. The number of hydrazone groups is 1. The van der Waals surface area contributed by atoms with Crippen LogP contribution in [0, 0.1) is 6.92 Å². The Kier molecular flexibility index (Phi) is 5.24. The van der Waals surface area contributed by atoms with E-state index in [1.807, 2.05) is 24.3 Å². The van der Waals surface area contributed by atoms with Crippen LogP contribution >= 0.6 is 0 Å². The number of nitrogens with zero attached hydrogens (tertiary/aromatic N) is 4. The molecular weight excluding hydrogens is 282 g/mol. The van der Waals surface area contributed by atoms with E-state index in [0.717, 1.165) is 24.3 Å². The Morgan fingerprint density at radius 2 is 1.95 bits per heavy atom. The smallest absolute Gasteiger partial charge is 0.295 e. The highest BCUT2D eigenvalue weighted by molar-refractivity contribution is 5.93. The molecule has 0 aliphatic carbocycles. The molecule has 1 N–H and O–H groups in total. The third-order valence-corrected chi connectivity index (χ3v) is 3.27. The molecule has 1 aromatic heterocycles. The van der Waals surface area contributed by atoms with Crippen molar-refractivity contribution >= 4 is 17.8 Å². The van der Waals surface area contributed by atoms with Gasteiger partial charge in [-0.1, -0.05) is 17.3 Å². The second-order valence-electron chi connectivity index (χ2n) is 4.66. The summed E-state index contributed by atoms with van der Waals surface area (Å²) in [6.07, 6.45) is 1.58. The molecule has 0 spiro atoms. The van der Waals surface area contributed by atoms with Crippen molar-refractivity contribution in [2.75, 3.05) is 18.0 Å². The summed E-state index contributed by atoms with van der Waals surface area (Å²) in [5.74, 6) is -0.449. The van der Waals surface area contributed by atoms with Gasteiger partial charge in [0.2, 0.25) is 0 Å². The van der Waals surface area contributed by atoms with Crippen molar-refractivity contribution in [1.29, 1.82) is 0 Å². The summed E-state index contributed by atoms with van der Waals surface area (Å²) in [4.78, 5) is 14.0. The van der Waals surface area contributed by atoms with Crippen molar-refractivity contribution in [3.63, 3.8) is 0 Å². The summed E-state index contributed by atoms with van der Waals surface area (Å²) in [6, 6.07) is 7.96. The Bertz CT molecular complexity index is 644. The van der Waals surface area contributed by atoms with Crippen LogP contribution in [0.15, 0.2) is 34.0 Å². The molecule has 0 saturated heterocycles. The van der Waals surface area contributed by atoms with Gasteiger partial charge in [0.05, 0.1) is 6.21 Å². The fourth-order valence-electron chi connectivity index (χ4n) is 2.02.